The highest BCUT2D eigenvalue weighted by Gasteiger charge is 2.05. The van der Waals surface area contributed by atoms with Gasteiger partial charge < -0.3 is 9.64 Å². The SMILES string of the molecule is COc1cccc(CN(C)c2cncc(C)n2)c1. The van der Waals surface area contributed by atoms with Gasteiger partial charge in [0.15, 0.2) is 0 Å². The van der Waals surface area contributed by atoms with E-state index in [0.717, 1.165) is 23.8 Å². The van der Waals surface area contributed by atoms with Gasteiger partial charge in [-0.1, -0.05) is 12.1 Å². The molecule has 0 aliphatic heterocycles. The maximum atomic E-state index is 5.21. The van der Waals surface area contributed by atoms with Gasteiger partial charge >= 0.3 is 0 Å². The molecule has 0 saturated carbocycles. The highest BCUT2D eigenvalue weighted by atomic mass is 16.5. The van der Waals surface area contributed by atoms with Crippen LogP contribution in [-0.2, 0) is 6.54 Å². The number of nitrogens with zero attached hydrogens (tertiary/aromatic N) is 3. The molecule has 0 amide bonds. The highest BCUT2D eigenvalue weighted by Crippen LogP contribution is 2.16. The van der Waals surface area contributed by atoms with Gasteiger partial charge in [0.25, 0.3) is 0 Å². The van der Waals surface area contributed by atoms with Crippen LogP contribution < -0.4 is 9.64 Å². The van der Waals surface area contributed by atoms with Crippen molar-refractivity contribution < 1.29 is 4.74 Å². The summed E-state index contributed by atoms with van der Waals surface area (Å²) in [5.41, 5.74) is 2.10. The van der Waals surface area contributed by atoms with Crippen LogP contribution in [0.2, 0.25) is 0 Å². The summed E-state index contributed by atoms with van der Waals surface area (Å²) in [5.74, 6) is 1.74. The Morgan fingerprint density at radius 3 is 2.83 bits per heavy atom. The lowest BCUT2D eigenvalue weighted by molar-refractivity contribution is 0.414. The second kappa shape index (κ2) is 5.49. The molecule has 0 spiro atoms. The van der Waals surface area contributed by atoms with E-state index >= 15 is 0 Å². The van der Waals surface area contributed by atoms with Crippen molar-refractivity contribution in [2.24, 2.45) is 0 Å². The Morgan fingerprint density at radius 1 is 1.28 bits per heavy atom. The molecular formula is C14H17N3O. The topological polar surface area (TPSA) is 38.2 Å². The minimum atomic E-state index is 0.773. The Balaban J connectivity index is 2.13. The van der Waals surface area contributed by atoms with Crippen LogP contribution >= 0.6 is 0 Å². The number of hydrogen-bond donors (Lipinski definition) is 0. The summed E-state index contributed by atoms with van der Waals surface area (Å²) in [6.45, 7) is 2.71. The van der Waals surface area contributed by atoms with Gasteiger partial charge in [-0.2, -0.15) is 0 Å². The number of anilines is 1. The molecule has 0 fully saturated rings. The van der Waals surface area contributed by atoms with Gasteiger partial charge in [0.05, 0.1) is 19.0 Å². The Morgan fingerprint density at radius 2 is 2.11 bits per heavy atom. The second-order valence-electron chi connectivity index (χ2n) is 4.23. The predicted octanol–water partition coefficient (Wildman–Crippen LogP) is 2.43. The summed E-state index contributed by atoms with van der Waals surface area (Å²) in [5, 5.41) is 0. The summed E-state index contributed by atoms with van der Waals surface area (Å²) >= 11 is 0. The lowest BCUT2D eigenvalue weighted by atomic mass is 10.2. The average molecular weight is 243 g/mol. The highest BCUT2D eigenvalue weighted by molar-refractivity contribution is 5.38. The van der Waals surface area contributed by atoms with Crippen LogP contribution in [0.25, 0.3) is 0 Å². The smallest absolute Gasteiger partial charge is 0.147 e. The van der Waals surface area contributed by atoms with E-state index in [9.17, 15) is 0 Å². The van der Waals surface area contributed by atoms with E-state index in [1.54, 1.807) is 19.5 Å². The maximum Gasteiger partial charge on any atom is 0.147 e. The molecule has 0 unspecified atom stereocenters. The molecule has 18 heavy (non-hydrogen) atoms. The summed E-state index contributed by atoms with van der Waals surface area (Å²) in [4.78, 5) is 10.7. The molecule has 0 N–H and O–H groups in total. The monoisotopic (exact) mass is 243 g/mol. The van der Waals surface area contributed by atoms with Crippen LogP contribution in [0.1, 0.15) is 11.3 Å². The molecule has 4 heteroatoms. The standard InChI is InChI=1S/C14H17N3O/c1-11-8-15-9-14(16-11)17(2)10-12-5-4-6-13(7-12)18-3/h4-9H,10H2,1-3H3. The van der Waals surface area contributed by atoms with Crippen LogP contribution in [0.5, 0.6) is 5.75 Å². The molecular weight excluding hydrogens is 226 g/mol. The molecule has 0 aliphatic rings. The number of rotatable bonds is 4. The number of aryl methyl sites for hydroxylation is 1. The number of aromatic nitrogens is 2. The third kappa shape index (κ3) is 2.97. The first-order chi connectivity index (χ1) is 8.69. The summed E-state index contributed by atoms with van der Waals surface area (Å²) in [6, 6.07) is 8.03. The molecule has 1 aromatic heterocycles. The fraction of sp³-hybridized carbons (Fsp3) is 0.286. The first kappa shape index (κ1) is 12.4. The van der Waals surface area contributed by atoms with Crippen LogP contribution in [0.15, 0.2) is 36.7 Å². The Bertz CT molecular complexity index is 528. The normalized spacial score (nSPS) is 10.2. The molecule has 94 valence electrons. The van der Waals surface area contributed by atoms with Crippen molar-refractivity contribution in [2.75, 3.05) is 19.1 Å². The third-order valence-corrected chi connectivity index (χ3v) is 2.69. The largest absolute Gasteiger partial charge is 0.497 e. The third-order valence-electron chi connectivity index (χ3n) is 2.69. The van der Waals surface area contributed by atoms with Gasteiger partial charge in [0, 0.05) is 19.8 Å². The maximum absolute atomic E-state index is 5.21. The zero-order valence-corrected chi connectivity index (χ0v) is 10.9. The molecule has 2 aromatic rings. The van der Waals surface area contributed by atoms with E-state index in [0.29, 0.717) is 0 Å². The van der Waals surface area contributed by atoms with E-state index in [-0.39, 0.29) is 0 Å². The van der Waals surface area contributed by atoms with Gasteiger partial charge in [-0.25, -0.2) is 4.98 Å². The van der Waals surface area contributed by atoms with Gasteiger partial charge in [0.1, 0.15) is 11.6 Å². The first-order valence-corrected chi connectivity index (χ1v) is 5.82. The second-order valence-corrected chi connectivity index (χ2v) is 4.23. The van der Waals surface area contributed by atoms with E-state index in [2.05, 4.69) is 20.9 Å². The zero-order valence-electron chi connectivity index (χ0n) is 10.9. The minimum absolute atomic E-state index is 0.773. The number of benzene rings is 1. The van der Waals surface area contributed by atoms with Gasteiger partial charge in [-0.05, 0) is 24.6 Å². The summed E-state index contributed by atoms with van der Waals surface area (Å²) in [7, 11) is 3.68. The van der Waals surface area contributed by atoms with Gasteiger partial charge in [0.2, 0.25) is 0 Å². The first-order valence-electron chi connectivity index (χ1n) is 5.82. The average Bonchev–Trinajstić information content (AvgIpc) is 2.39. The fourth-order valence-electron chi connectivity index (χ4n) is 1.76. The minimum Gasteiger partial charge on any atom is -0.497 e. The van der Waals surface area contributed by atoms with Crippen LogP contribution in [0.4, 0.5) is 5.82 Å². The molecule has 0 aliphatic carbocycles. The van der Waals surface area contributed by atoms with Crippen molar-refractivity contribution in [2.45, 2.75) is 13.5 Å². The van der Waals surface area contributed by atoms with Crippen LogP contribution in [0, 0.1) is 6.92 Å². The molecule has 0 atom stereocenters. The van der Waals surface area contributed by atoms with Gasteiger partial charge in [-0.15, -0.1) is 0 Å². The van der Waals surface area contributed by atoms with Gasteiger partial charge in [-0.3, -0.25) is 4.98 Å². The number of ether oxygens (including phenoxy) is 1. The fourth-order valence-corrected chi connectivity index (χ4v) is 1.76. The van der Waals surface area contributed by atoms with E-state index < -0.39 is 0 Å². The van der Waals surface area contributed by atoms with Crippen LogP contribution in [-0.4, -0.2) is 24.1 Å². The molecule has 2 rings (SSSR count). The zero-order chi connectivity index (χ0) is 13.0. The Hall–Kier alpha value is -2.10. The molecule has 0 bridgehead atoms. The van der Waals surface area contributed by atoms with Crippen molar-refractivity contribution in [3.05, 3.63) is 47.9 Å². The van der Waals surface area contributed by atoms with E-state index in [1.807, 2.05) is 32.2 Å². The lowest BCUT2D eigenvalue weighted by Gasteiger charge is -2.18. The quantitative estimate of drug-likeness (QED) is 0.826. The van der Waals surface area contributed by atoms with Crippen molar-refractivity contribution in [3.8, 4) is 5.75 Å². The summed E-state index contributed by atoms with van der Waals surface area (Å²) < 4.78 is 5.21. The molecule has 0 radical (unpaired) electrons. The van der Waals surface area contributed by atoms with Crippen molar-refractivity contribution in [1.82, 2.24) is 9.97 Å². The Kier molecular flexibility index (Phi) is 3.77. The van der Waals surface area contributed by atoms with E-state index in [1.165, 1.54) is 5.56 Å². The van der Waals surface area contributed by atoms with E-state index in [4.69, 9.17) is 4.74 Å². The molecule has 4 nitrogen and oxygen atoms in total. The number of hydrogen-bond acceptors (Lipinski definition) is 4. The molecule has 1 aromatic carbocycles. The lowest BCUT2D eigenvalue weighted by Crippen LogP contribution is -2.18. The molecule has 0 saturated heterocycles. The summed E-state index contributed by atoms with van der Waals surface area (Å²) in [6.07, 6.45) is 3.52. The van der Waals surface area contributed by atoms with Crippen molar-refractivity contribution in [1.29, 1.82) is 0 Å². The van der Waals surface area contributed by atoms with Crippen LogP contribution in [0.3, 0.4) is 0 Å². The van der Waals surface area contributed by atoms with Crippen molar-refractivity contribution >= 4 is 5.82 Å². The number of methoxy groups -OCH3 is 1. The van der Waals surface area contributed by atoms with Crippen molar-refractivity contribution in [3.63, 3.8) is 0 Å². The molecule has 1 heterocycles. The Labute approximate surface area is 107 Å². The predicted molar refractivity (Wildman–Crippen MR) is 71.9 cm³/mol.